The van der Waals surface area contributed by atoms with Crippen molar-refractivity contribution in [2.75, 3.05) is 0 Å². The molecule has 158 valence electrons. The fraction of sp³-hybridized carbons (Fsp3) is 0.391. The quantitative estimate of drug-likeness (QED) is 0.788. The van der Waals surface area contributed by atoms with Crippen molar-refractivity contribution in [1.29, 1.82) is 0 Å². The summed E-state index contributed by atoms with van der Waals surface area (Å²) in [5.41, 5.74) is 1.18. The van der Waals surface area contributed by atoms with Gasteiger partial charge in [0.25, 0.3) is 10.0 Å². The third-order valence-electron chi connectivity index (χ3n) is 5.94. The summed E-state index contributed by atoms with van der Waals surface area (Å²) in [5.74, 6) is 0.332. The highest BCUT2D eigenvalue weighted by molar-refractivity contribution is 7.90. The molecular formula is C23H27N3O3S. The molecule has 30 heavy (non-hydrogen) atoms. The van der Waals surface area contributed by atoms with Crippen LogP contribution in [-0.4, -0.2) is 30.7 Å². The zero-order chi connectivity index (χ0) is 21.2. The van der Waals surface area contributed by atoms with Crippen molar-refractivity contribution in [3.8, 4) is 0 Å². The van der Waals surface area contributed by atoms with Gasteiger partial charge in [-0.1, -0.05) is 73.7 Å². The Morgan fingerprint density at radius 2 is 1.60 bits per heavy atom. The van der Waals surface area contributed by atoms with E-state index in [1.54, 1.807) is 24.3 Å². The molecular weight excluding hydrogens is 398 g/mol. The van der Waals surface area contributed by atoms with Gasteiger partial charge in [-0.25, -0.2) is 4.79 Å². The highest BCUT2D eigenvalue weighted by Gasteiger charge is 2.49. The summed E-state index contributed by atoms with van der Waals surface area (Å²) < 4.78 is 30.6. The zero-order valence-corrected chi connectivity index (χ0v) is 18.0. The van der Waals surface area contributed by atoms with Gasteiger partial charge in [0.2, 0.25) is 0 Å². The summed E-state index contributed by atoms with van der Waals surface area (Å²) in [7, 11) is -3.94. The Kier molecular flexibility index (Phi) is 5.64. The molecule has 0 aromatic heterocycles. The maximum Gasteiger partial charge on any atom is 0.324 e. The van der Waals surface area contributed by atoms with Crippen LogP contribution in [0.5, 0.6) is 0 Å². The lowest BCUT2D eigenvalue weighted by atomic mass is 9.90. The Morgan fingerprint density at radius 3 is 2.23 bits per heavy atom. The van der Waals surface area contributed by atoms with E-state index in [-0.39, 0.29) is 17.5 Å². The maximum atomic E-state index is 13.2. The van der Waals surface area contributed by atoms with Crippen molar-refractivity contribution in [2.45, 2.75) is 62.4 Å². The van der Waals surface area contributed by atoms with E-state index in [0.29, 0.717) is 18.7 Å². The third kappa shape index (κ3) is 4.12. The predicted octanol–water partition coefficient (Wildman–Crippen LogP) is 4.40. The Hall–Kier alpha value is -2.67. The standard InChI is InChI=1S/C23H27N3O3S/c1-18-11-13-20(14-12-18)30(28,29)25-21-23(15-7-2-3-8-16-23)24-22(27)26(21)17-19-9-5-4-6-10-19/h4-6,9-14H,2-3,7-8,15-17H2,1H3,(H,24,27)/b25-21+. The van der Waals surface area contributed by atoms with Crippen LogP contribution < -0.4 is 5.32 Å². The van der Waals surface area contributed by atoms with Crippen LogP contribution in [0.2, 0.25) is 0 Å². The molecule has 1 N–H and O–H groups in total. The molecule has 1 aliphatic heterocycles. The molecule has 2 fully saturated rings. The molecule has 1 saturated heterocycles. The van der Waals surface area contributed by atoms with E-state index in [9.17, 15) is 13.2 Å². The maximum absolute atomic E-state index is 13.2. The van der Waals surface area contributed by atoms with Crippen LogP contribution >= 0.6 is 0 Å². The summed E-state index contributed by atoms with van der Waals surface area (Å²) >= 11 is 0. The van der Waals surface area contributed by atoms with Crippen molar-refractivity contribution in [3.63, 3.8) is 0 Å². The molecule has 6 nitrogen and oxygen atoms in total. The molecule has 0 unspecified atom stereocenters. The van der Waals surface area contributed by atoms with E-state index in [2.05, 4.69) is 9.71 Å². The topological polar surface area (TPSA) is 78.8 Å². The smallest absolute Gasteiger partial charge is 0.324 e. The Labute approximate surface area is 178 Å². The van der Waals surface area contributed by atoms with Crippen molar-refractivity contribution in [1.82, 2.24) is 10.2 Å². The molecule has 0 atom stereocenters. The molecule has 1 heterocycles. The van der Waals surface area contributed by atoms with Gasteiger partial charge in [0.15, 0.2) is 5.84 Å². The van der Waals surface area contributed by atoms with Gasteiger partial charge in [0.05, 0.1) is 11.4 Å². The fourth-order valence-corrected chi connectivity index (χ4v) is 5.38. The van der Waals surface area contributed by atoms with Crippen molar-refractivity contribution < 1.29 is 13.2 Å². The van der Waals surface area contributed by atoms with E-state index >= 15 is 0 Å². The zero-order valence-electron chi connectivity index (χ0n) is 17.2. The van der Waals surface area contributed by atoms with Crippen molar-refractivity contribution >= 4 is 21.9 Å². The van der Waals surface area contributed by atoms with Gasteiger partial charge in [-0.05, 0) is 37.5 Å². The van der Waals surface area contributed by atoms with Crippen LogP contribution in [0.3, 0.4) is 0 Å². The van der Waals surface area contributed by atoms with E-state index < -0.39 is 15.6 Å². The lowest BCUT2D eigenvalue weighted by Gasteiger charge is -2.28. The number of amidine groups is 1. The number of carbonyl (C=O) groups excluding carboxylic acids is 1. The number of hydrogen-bond donors (Lipinski definition) is 1. The number of nitrogens with zero attached hydrogens (tertiary/aromatic N) is 2. The lowest BCUT2D eigenvalue weighted by Crippen LogP contribution is -2.47. The van der Waals surface area contributed by atoms with E-state index in [1.807, 2.05) is 37.3 Å². The summed E-state index contributed by atoms with van der Waals surface area (Å²) in [6, 6.07) is 16.0. The molecule has 1 aliphatic carbocycles. The Balaban J connectivity index is 1.78. The van der Waals surface area contributed by atoms with Crippen LogP contribution in [0.1, 0.15) is 49.7 Å². The van der Waals surface area contributed by atoms with E-state index in [4.69, 9.17) is 0 Å². The molecule has 0 bridgehead atoms. The van der Waals surface area contributed by atoms with Crippen LogP contribution in [0, 0.1) is 6.92 Å². The second-order valence-corrected chi connectivity index (χ2v) is 9.81. The minimum Gasteiger partial charge on any atom is -0.325 e. The molecule has 4 rings (SSSR count). The number of aryl methyl sites for hydroxylation is 1. The highest BCUT2D eigenvalue weighted by Crippen LogP contribution is 2.35. The molecule has 1 saturated carbocycles. The van der Waals surface area contributed by atoms with Gasteiger partial charge >= 0.3 is 6.03 Å². The second-order valence-electron chi connectivity index (χ2n) is 8.20. The molecule has 2 aromatic carbocycles. The Bertz CT molecular complexity index is 1040. The van der Waals surface area contributed by atoms with Gasteiger partial charge in [-0.15, -0.1) is 4.40 Å². The number of nitrogens with one attached hydrogen (secondary N) is 1. The average molecular weight is 426 g/mol. The highest BCUT2D eigenvalue weighted by atomic mass is 32.2. The normalized spacial score (nSPS) is 20.4. The van der Waals surface area contributed by atoms with Gasteiger partial charge in [0, 0.05) is 0 Å². The molecule has 2 aliphatic rings. The minimum absolute atomic E-state index is 0.142. The first-order valence-electron chi connectivity index (χ1n) is 10.5. The third-order valence-corrected chi connectivity index (χ3v) is 7.22. The largest absolute Gasteiger partial charge is 0.325 e. The minimum atomic E-state index is -3.94. The van der Waals surface area contributed by atoms with Crippen LogP contribution in [0.4, 0.5) is 4.79 Å². The summed E-state index contributed by atoms with van der Waals surface area (Å²) in [5, 5.41) is 3.10. The SMILES string of the molecule is Cc1ccc(S(=O)(=O)/N=C2/N(Cc3ccccc3)C(=O)NC23CCCCCC3)cc1. The number of amides is 2. The number of carbonyl (C=O) groups is 1. The first-order chi connectivity index (χ1) is 14.4. The first-order valence-corrected chi connectivity index (χ1v) is 11.9. The first kappa shape index (κ1) is 20.6. The summed E-state index contributed by atoms with van der Waals surface area (Å²) in [6.07, 6.45) is 5.42. The van der Waals surface area contributed by atoms with E-state index in [1.165, 1.54) is 4.90 Å². The van der Waals surface area contributed by atoms with Crippen LogP contribution in [0.15, 0.2) is 63.9 Å². The fourth-order valence-electron chi connectivity index (χ4n) is 4.29. The molecule has 1 spiro atoms. The van der Waals surface area contributed by atoms with Gasteiger partial charge in [-0.2, -0.15) is 8.42 Å². The van der Waals surface area contributed by atoms with Crippen molar-refractivity contribution in [2.24, 2.45) is 4.40 Å². The van der Waals surface area contributed by atoms with Crippen LogP contribution in [0.25, 0.3) is 0 Å². The predicted molar refractivity (Wildman–Crippen MR) is 117 cm³/mol. The van der Waals surface area contributed by atoms with Gasteiger partial charge < -0.3 is 5.32 Å². The summed E-state index contributed by atoms with van der Waals surface area (Å²) in [6.45, 7) is 2.20. The van der Waals surface area contributed by atoms with Crippen LogP contribution in [-0.2, 0) is 16.6 Å². The lowest BCUT2D eigenvalue weighted by molar-refractivity contribution is 0.224. The number of hydrogen-bond acceptors (Lipinski definition) is 3. The number of rotatable bonds is 4. The summed E-state index contributed by atoms with van der Waals surface area (Å²) in [4.78, 5) is 14.6. The number of benzene rings is 2. The number of sulfonamides is 1. The average Bonchev–Trinajstić information content (AvgIpc) is 2.88. The Morgan fingerprint density at radius 1 is 0.967 bits per heavy atom. The molecule has 2 aromatic rings. The van der Waals surface area contributed by atoms with Gasteiger partial charge in [-0.3, -0.25) is 4.90 Å². The number of urea groups is 1. The molecule has 7 heteroatoms. The van der Waals surface area contributed by atoms with Gasteiger partial charge in [0.1, 0.15) is 5.54 Å². The molecule has 0 radical (unpaired) electrons. The second kappa shape index (κ2) is 8.22. The van der Waals surface area contributed by atoms with E-state index in [0.717, 1.165) is 36.8 Å². The van der Waals surface area contributed by atoms with Crippen molar-refractivity contribution in [3.05, 3.63) is 65.7 Å². The molecule has 2 amide bonds. The monoisotopic (exact) mass is 425 g/mol.